The highest BCUT2D eigenvalue weighted by molar-refractivity contribution is 6.31. The monoisotopic (exact) mass is 357 g/mol. The Labute approximate surface area is 152 Å². The first-order chi connectivity index (χ1) is 12.0. The molecule has 1 atom stereocenters. The molecule has 1 aliphatic rings. The zero-order valence-electron chi connectivity index (χ0n) is 14.0. The van der Waals surface area contributed by atoms with Crippen molar-refractivity contribution < 1.29 is 9.59 Å². The van der Waals surface area contributed by atoms with Crippen LogP contribution in [0.4, 0.5) is 10.5 Å². The summed E-state index contributed by atoms with van der Waals surface area (Å²) in [7, 11) is 0. The second-order valence-corrected chi connectivity index (χ2v) is 6.58. The van der Waals surface area contributed by atoms with Crippen molar-refractivity contribution in [3.8, 4) is 0 Å². The molecule has 1 heterocycles. The van der Waals surface area contributed by atoms with E-state index in [1.165, 1.54) is 0 Å². The molecule has 1 aliphatic heterocycles. The molecule has 3 amide bonds. The number of hydrogen-bond donors (Lipinski definition) is 2. The van der Waals surface area contributed by atoms with Crippen LogP contribution in [0, 0.1) is 6.92 Å². The Kier molecular flexibility index (Phi) is 5.24. The summed E-state index contributed by atoms with van der Waals surface area (Å²) in [5.74, 6) is 0.0492. The summed E-state index contributed by atoms with van der Waals surface area (Å²) in [4.78, 5) is 26.1. The first-order valence-electron chi connectivity index (χ1n) is 8.17. The van der Waals surface area contributed by atoms with Crippen molar-refractivity contribution in [2.24, 2.45) is 0 Å². The fourth-order valence-corrected chi connectivity index (χ4v) is 3.09. The van der Waals surface area contributed by atoms with Crippen molar-refractivity contribution in [3.05, 3.63) is 64.7 Å². The number of halogens is 1. The molecule has 1 fully saturated rings. The summed E-state index contributed by atoms with van der Waals surface area (Å²) in [6.45, 7) is 2.92. The van der Waals surface area contributed by atoms with E-state index in [0.29, 0.717) is 30.2 Å². The number of urea groups is 1. The van der Waals surface area contributed by atoms with Gasteiger partial charge in [0.2, 0.25) is 5.91 Å². The van der Waals surface area contributed by atoms with Gasteiger partial charge in [-0.15, -0.1) is 0 Å². The molecule has 130 valence electrons. The third-order valence-corrected chi connectivity index (χ3v) is 4.69. The Morgan fingerprint density at radius 3 is 2.72 bits per heavy atom. The van der Waals surface area contributed by atoms with E-state index >= 15 is 0 Å². The molecule has 2 aromatic carbocycles. The van der Waals surface area contributed by atoms with Crippen molar-refractivity contribution in [1.82, 2.24) is 10.2 Å². The summed E-state index contributed by atoms with van der Waals surface area (Å²) in [6.07, 6.45) is 0.314. The normalized spacial score (nSPS) is 16.8. The first kappa shape index (κ1) is 17.3. The minimum atomic E-state index is -0.329. The van der Waals surface area contributed by atoms with Crippen molar-refractivity contribution >= 4 is 29.2 Å². The van der Waals surface area contributed by atoms with Crippen LogP contribution in [0.2, 0.25) is 5.02 Å². The molecule has 1 unspecified atom stereocenters. The van der Waals surface area contributed by atoms with Crippen molar-refractivity contribution in [2.45, 2.75) is 25.9 Å². The molecule has 5 nitrogen and oxygen atoms in total. The van der Waals surface area contributed by atoms with Crippen LogP contribution in [-0.2, 0) is 11.3 Å². The number of benzene rings is 2. The Balaban J connectivity index is 1.56. The zero-order valence-corrected chi connectivity index (χ0v) is 14.7. The molecule has 0 spiro atoms. The molecule has 3 rings (SSSR count). The predicted molar refractivity (Wildman–Crippen MR) is 98.6 cm³/mol. The topological polar surface area (TPSA) is 61.4 Å². The number of nitrogens with zero attached hydrogens (tertiary/aromatic N) is 1. The fourth-order valence-electron chi connectivity index (χ4n) is 2.91. The number of carbonyl (C=O) groups is 2. The second kappa shape index (κ2) is 7.57. The lowest BCUT2D eigenvalue weighted by Gasteiger charge is -2.18. The zero-order chi connectivity index (χ0) is 17.8. The Hall–Kier alpha value is -2.53. The third kappa shape index (κ3) is 4.31. The molecular weight excluding hydrogens is 338 g/mol. The first-order valence-corrected chi connectivity index (χ1v) is 8.55. The van der Waals surface area contributed by atoms with Gasteiger partial charge in [0.1, 0.15) is 0 Å². The average Bonchev–Trinajstić information content (AvgIpc) is 2.92. The highest BCUT2D eigenvalue weighted by Crippen LogP contribution is 2.23. The molecule has 25 heavy (non-hydrogen) atoms. The molecule has 0 saturated carbocycles. The van der Waals surface area contributed by atoms with Crippen molar-refractivity contribution in [1.29, 1.82) is 0 Å². The van der Waals surface area contributed by atoms with Crippen molar-refractivity contribution in [2.75, 3.05) is 11.9 Å². The maximum absolute atomic E-state index is 12.2. The van der Waals surface area contributed by atoms with E-state index in [4.69, 9.17) is 11.6 Å². The maximum atomic E-state index is 12.2. The number of hydrogen-bond acceptors (Lipinski definition) is 2. The summed E-state index contributed by atoms with van der Waals surface area (Å²) in [6, 6.07) is 14.7. The average molecular weight is 358 g/mol. The van der Waals surface area contributed by atoms with Gasteiger partial charge in [-0.3, -0.25) is 4.79 Å². The van der Waals surface area contributed by atoms with Crippen LogP contribution in [0.5, 0.6) is 0 Å². The molecule has 0 aromatic heterocycles. The van der Waals surface area contributed by atoms with Gasteiger partial charge in [-0.05, 0) is 30.2 Å². The molecule has 0 aliphatic carbocycles. The Bertz CT molecular complexity index is 779. The highest BCUT2D eigenvalue weighted by atomic mass is 35.5. The van der Waals surface area contributed by atoms with Gasteiger partial charge in [-0.1, -0.05) is 48.0 Å². The number of rotatable bonds is 4. The van der Waals surface area contributed by atoms with Gasteiger partial charge in [-0.25, -0.2) is 4.79 Å². The molecule has 2 aromatic rings. The smallest absolute Gasteiger partial charge is 0.319 e. The maximum Gasteiger partial charge on any atom is 0.319 e. The number of anilines is 1. The number of carbonyl (C=O) groups excluding carboxylic acids is 2. The predicted octanol–water partition coefficient (Wildman–Crippen LogP) is 3.57. The van der Waals surface area contributed by atoms with Gasteiger partial charge >= 0.3 is 6.03 Å². The lowest BCUT2D eigenvalue weighted by Crippen LogP contribution is -2.39. The van der Waals surface area contributed by atoms with Crippen LogP contribution in [0.1, 0.15) is 17.5 Å². The summed E-state index contributed by atoms with van der Waals surface area (Å²) in [5, 5.41) is 6.26. The van der Waals surface area contributed by atoms with E-state index in [0.717, 1.165) is 11.1 Å². The highest BCUT2D eigenvalue weighted by Gasteiger charge is 2.30. The van der Waals surface area contributed by atoms with E-state index in [1.54, 1.807) is 23.1 Å². The molecule has 6 heteroatoms. The quantitative estimate of drug-likeness (QED) is 0.878. The number of likely N-dealkylation sites (tertiary alicyclic amines) is 1. The second-order valence-electron chi connectivity index (χ2n) is 6.17. The minimum Gasteiger partial charge on any atom is -0.336 e. The molecule has 2 N–H and O–H groups in total. The SMILES string of the molecule is Cc1c(Cl)cccc1NC(=O)NC1CC(=O)N(Cc2ccccc2)C1. The van der Waals surface area contributed by atoms with Crippen molar-refractivity contribution in [3.63, 3.8) is 0 Å². The largest absolute Gasteiger partial charge is 0.336 e. The van der Waals surface area contributed by atoms with Gasteiger partial charge in [0, 0.05) is 30.2 Å². The standard InChI is InChI=1S/C19H20ClN3O2/c1-13-16(20)8-5-9-17(13)22-19(25)21-15-10-18(24)23(12-15)11-14-6-3-2-4-7-14/h2-9,15H,10-12H2,1H3,(H2,21,22,25). The van der Waals surface area contributed by atoms with Crippen LogP contribution >= 0.6 is 11.6 Å². The van der Waals surface area contributed by atoms with E-state index < -0.39 is 0 Å². The van der Waals surface area contributed by atoms with E-state index in [1.807, 2.05) is 37.3 Å². The van der Waals surface area contributed by atoms with E-state index in [2.05, 4.69) is 10.6 Å². The summed E-state index contributed by atoms with van der Waals surface area (Å²) < 4.78 is 0. The minimum absolute atomic E-state index is 0.0492. The Morgan fingerprint density at radius 2 is 1.96 bits per heavy atom. The van der Waals surface area contributed by atoms with Crippen LogP contribution < -0.4 is 10.6 Å². The Morgan fingerprint density at radius 1 is 1.20 bits per heavy atom. The molecular formula is C19H20ClN3O2. The van der Waals surface area contributed by atoms with Crippen LogP contribution in [0.15, 0.2) is 48.5 Å². The fraction of sp³-hybridized carbons (Fsp3) is 0.263. The van der Waals surface area contributed by atoms with Gasteiger partial charge in [-0.2, -0.15) is 0 Å². The van der Waals surface area contributed by atoms with Gasteiger partial charge in [0.05, 0.1) is 6.04 Å². The lowest BCUT2D eigenvalue weighted by atomic mass is 10.2. The van der Waals surface area contributed by atoms with Crippen LogP contribution in [0.3, 0.4) is 0 Å². The summed E-state index contributed by atoms with van der Waals surface area (Å²) in [5.41, 5.74) is 2.55. The van der Waals surface area contributed by atoms with E-state index in [9.17, 15) is 9.59 Å². The van der Waals surface area contributed by atoms with Crippen LogP contribution in [0.25, 0.3) is 0 Å². The number of amides is 3. The lowest BCUT2D eigenvalue weighted by molar-refractivity contribution is -0.128. The third-order valence-electron chi connectivity index (χ3n) is 4.28. The van der Waals surface area contributed by atoms with E-state index in [-0.39, 0.29) is 18.0 Å². The van der Waals surface area contributed by atoms with Gasteiger partial charge < -0.3 is 15.5 Å². The van der Waals surface area contributed by atoms with Crippen LogP contribution in [-0.4, -0.2) is 29.4 Å². The van der Waals surface area contributed by atoms with Gasteiger partial charge in [0.15, 0.2) is 0 Å². The number of nitrogens with one attached hydrogen (secondary N) is 2. The van der Waals surface area contributed by atoms with Gasteiger partial charge in [0.25, 0.3) is 0 Å². The molecule has 0 radical (unpaired) electrons. The molecule has 0 bridgehead atoms. The summed E-state index contributed by atoms with van der Waals surface area (Å²) >= 11 is 6.06. The molecule has 1 saturated heterocycles.